The first kappa shape index (κ1) is 50.7. The number of rotatable bonds is 24. The second-order valence-electron chi connectivity index (χ2n) is 14.9. The first-order chi connectivity index (χ1) is 33.9. The Bertz CT molecular complexity index is 2850. The molecule has 6 aromatic rings. The maximum atomic E-state index is 15.0. The molecule has 6 aromatic carbocycles. The number of nitrogens with one attached hydrogen (secondary N) is 2. The summed E-state index contributed by atoms with van der Waals surface area (Å²) in [4.78, 5) is 26.3. The van der Waals surface area contributed by atoms with Crippen LogP contribution in [0.5, 0.6) is 57.5 Å². The van der Waals surface area contributed by atoms with Crippen molar-refractivity contribution in [2.45, 2.75) is 6.42 Å². The molecule has 0 aromatic heterocycles. The Morgan fingerprint density at radius 1 is 0.557 bits per heavy atom. The number of Topliss-reactive ketones (excluding diaryl/α,β-unsaturated/α-hetero) is 1. The number of anilines is 2. The summed E-state index contributed by atoms with van der Waals surface area (Å²) in [5.41, 5.74) is 3.88. The lowest BCUT2D eigenvalue weighted by atomic mass is 10.1. The quantitative estimate of drug-likeness (QED) is 0.0227. The van der Waals surface area contributed by atoms with Crippen LogP contribution in [-0.2, 0) is 0 Å². The number of phenolic OH excluding ortho intramolecular Hbond substituents is 1. The molecule has 0 saturated heterocycles. The molecule has 0 atom stereocenters. The fourth-order valence-electron chi connectivity index (χ4n) is 7.06. The third-order valence-corrected chi connectivity index (χ3v) is 10.6. The predicted molar refractivity (Wildman–Crippen MR) is 265 cm³/mol. The first-order valence-electron chi connectivity index (χ1n) is 21.5. The average molecular weight is 959 g/mol. The van der Waals surface area contributed by atoms with Crippen LogP contribution in [0.15, 0.2) is 109 Å². The highest BCUT2D eigenvalue weighted by atomic mass is 19.1. The molecular weight excluding hydrogens is 907 g/mol. The maximum absolute atomic E-state index is 15.0. The molecule has 0 aliphatic heterocycles. The molecule has 70 heavy (non-hydrogen) atoms. The normalized spacial score (nSPS) is 11.1. The van der Waals surface area contributed by atoms with Crippen LogP contribution in [0.2, 0.25) is 0 Å². The zero-order valence-electron chi connectivity index (χ0n) is 39.5. The average Bonchev–Trinajstić information content (AvgIpc) is 3.38. The van der Waals surface area contributed by atoms with Gasteiger partial charge in [-0.3, -0.25) is 9.59 Å². The minimum Gasteiger partial charge on any atom is -0.508 e. The van der Waals surface area contributed by atoms with Crippen molar-refractivity contribution in [2.75, 3.05) is 73.7 Å². The SMILES string of the molecule is COc1cc(N/C=C\C(=O)c2ccccc2OCOc2c(OC)cc(/C=C\c3cc(F)c(OC)cc3NCCC(=O)c3ccc(O)cc3)cc2OC)c(/C=C\c2cc(OC)c(OC)c(OC)c2)cc1F. The van der Waals surface area contributed by atoms with Crippen molar-refractivity contribution < 1.29 is 66.1 Å². The van der Waals surface area contributed by atoms with E-state index in [1.165, 1.54) is 98.4 Å². The Hall–Kier alpha value is -8.66. The van der Waals surface area contributed by atoms with Gasteiger partial charge in [0.05, 0.1) is 55.3 Å². The van der Waals surface area contributed by atoms with Crippen LogP contribution in [0.25, 0.3) is 24.3 Å². The fourth-order valence-corrected chi connectivity index (χ4v) is 7.06. The molecule has 364 valence electrons. The topological polar surface area (TPSA) is 162 Å². The van der Waals surface area contributed by atoms with Gasteiger partial charge in [0, 0.05) is 65.4 Å². The molecule has 0 heterocycles. The van der Waals surface area contributed by atoms with Gasteiger partial charge in [-0.1, -0.05) is 36.4 Å². The summed E-state index contributed by atoms with van der Waals surface area (Å²) in [5, 5.41) is 15.8. The Kier molecular flexibility index (Phi) is 17.7. The Morgan fingerprint density at radius 3 is 1.61 bits per heavy atom. The Labute approximate surface area is 404 Å². The van der Waals surface area contributed by atoms with E-state index in [4.69, 9.17) is 42.6 Å². The van der Waals surface area contributed by atoms with E-state index in [2.05, 4.69) is 10.6 Å². The van der Waals surface area contributed by atoms with Gasteiger partial charge in [-0.25, -0.2) is 8.78 Å². The zero-order valence-corrected chi connectivity index (χ0v) is 39.5. The summed E-state index contributed by atoms with van der Waals surface area (Å²) in [6.07, 6.45) is 9.73. The Balaban J connectivity index is 1.13. The summed E-state index contributed by atoms with van der Waals surface area (Å²) in [6.45, 7) is -0.105. The van der Waals surface area contributed by atoms with Gasteiger partial charge >= 0.3 is 0 Å². The molecule has 0 aliphatic rings. The molecule has 0 amide bonds. The maximum Gasteiger partial charge on any atom is 0.231 e. The van der Waals surface area contributed by atoms with Gasteiger partial charge in [-0.05, 0) is 83.9 Å². The number of aromatic hydroxyl groups is 1. The number of halogens is 2. The smallest absolute Gasteiger partial charge is 0.231 e. The number of hydrogen-bond donors (Lipinski definition) is 3. The van der Waals surface area contributed by atoms with Crippen molar-refractivity contribution in [2.24, 2.45) is 0 Å². The minimum absolute atomic E-state index is 0.00624. The van der Waals surface area contributed by atoms with Crippen molar-refractivity contribution >= 4 is 47.2 Å². The van der Waals surface area contributed by atoms with E-state index < -0.39 is 17.4 Å². The molecule has 0 unspecified atom stereocenters. The van der Waals surface area contributed by atoms with Crippen molar-refractivity contribution in [3.63, 3.8) is 0 Å². The van der Waals surface area contributed by atoms with Gasteiger partial charge in [0.1, 0.15) is 11.5 Å². The number of hydrogen-bond acceptors (Lipinski definition) is 14. The van der Waals surface area contributed by atoms with Gasteiger partial charge in [0.25, 0.3) is 0 Å². The zero-order chi connectivity index (χ0) is 50.2. The number of phenols is 1. The number of benzene rings is 6. The number of para-hydroxylation sites is 1. The largest absolute Gasteiger partial charge is 0.508 e. The van der Waals surface area contributed by atoms with E-state index in [0.717, 1.165) is 0 Å². The summed E-state index contributed by atoms with van der Waals surface area (Å²) in [5.74, 6) is 0.731. The van der Waals surface area contributed by atoms with Gasteiger partial charge in [-0.15, -0.1) is 0 Å². The van der Waals surface area contributed by atoms with Gasteiger partial charge in [-0.2, -0.15) is 0 Å². The summed E-state index contributed by atoms with van der Waals surface area (Å²) in [7, 11) is 10.2. The highest BCUT2D eigenvalue weighted by Crippen LogP contribution is 2.41. The van der Waals surface area contributed by atoms with Crippen LogP contribution in [-0.4, -0.2) is 79.8 Å². The molecule has 3 N–H and O–H groups in total. The third kappa shape index (κ3) is 12.7. The highest BCUT2D eigenvalue weighted by Gasteiger charge is 2.18. The summed E-state index contributed by atoms with van der Waals surface area (Å²) >= 11 is 0. The predicted octanol–water partition coefficient (Wildman–Crippen LogP) is 11.0. The standard InChI is InChI=1S/C54H52F2N2O12/c1-62-47-30-42(57-22-20-44(60)35-16-18-38(59)19-17-35)36(28-40(47)55)15-13-34-26-51(66-5)54(52(27-34)67-6)70-32-69-46-11-9-8-10-39(46)45(61)21-23-58-43-31-48(63-2)41(56)29-37(43)14-12-33-24-49(64-3)53(68-7)50(25-33)65-4/h8-19,21,23-31,57-59H,20,22,32H2,1-7H3/b14-12-,15-13-,23-21-. The van der Waals surface area contributed by atoms with Crippen molar-refractivity contribution in [3.05, 3.63) is 154 Å². The fraction of sp³-hybridized carbons (Fsp3) is 0.185. The van der Waals surface area contributed by atoms with E-state index in [-0.39, 0.29) is 59.9 Å². The van der Waals surface area contributed by atoms with E-state index >= 15 is 0 Å². The van der Waals surface area contributed by atoms with Crippen LogP contribution >= 0.6 is 0 Å². The van der Waals surface area contributed by atoms with E-state index in [0.29, 0.717) is 67.9 Å². The second kappa shape index (κ2) is 24.4. The Morgan fingerprint density at radius 2 is 1.07 bits per heavy atom. The minimum atomic E-state index is -0.588. The number of allylic oxidation sites excluding steroid dienone is 1. The van der Waals surface area contributed by atoms with Crippen LogP contribution in [0, 0.1) is 11.6 Å². The summed E-state index contributed by atoms with van der Waals surface area (Å²) in [6, 6.07) is 25.1. The molecule has 0 aliphatic carbocycles. The number of methoxy groups -OCH3 is 7. The molecule has 0 spiro atoms. The highest BCUT2D eigenvalue weighted by molar-refractivity contribution is 6.06. The van der Waals surface area contributed by atoms with Gasteiger partial charge in [0.15, 0.2) is 57.7 Å². The number of carbonyl (C=O) groups excluding carboxylic acids is 2. The number of ketones is 2. The molecular formula is C54H52F2N2O12. The van der Waals surface area contributed by atoms with E-state index in [1.807, 2.05) is 0 Å². The van der Waals surface area contributed by atoms with E-state index in [9.17, 15) is 23.5 Å². The number of carbonyl (C=O) groups is 2. The second-order valence-corrected chi connectivity index (χ2v) is 14.9. The van der Waals surface area contributed by atoms with Gasteiger partial charge in [0.2, 0.25) is 18.3 Å². The molecule has 16 heteroatoms. The molecule has 0 fully saturated rings. The number of ether oxygens (including phenoxy) is 9. The van der Waals surface area contributed by atoms with E-state index in [1.54, 1.807) is 85.0 Å². The molecule has 0 radical (unpaired) electrons. The summed E-state index contributed by atoms with van der Waals surface area (Å²) < 4.78 is 80.0. The van der Waals surface area contributed by atoms with Crippen molar-refractivity contribution in [1.29, 1.82) is 0 Å². The van der Waals surface area contributed by atoms with Crippen LogP contribution in [0.4, 0.5) is 20.2 Å². The monoisotopic (exact) mass is 958 g/mol. The van der Waals surface area contributed by atoms with Crippen LogP contribution < -0.4 is 53.3 Å². The van der Waals surface area contributed by atoms with Crippen molar-refractivity contribution in [3.8, 4) is 57.5 Å². The lowest BCUT2D eigenvalue weighted by Gasteiger charge is -2.16. The molecule has 14 nitrogen and oxygen atoms in total. The first-order valence-corrected chi connectivity index (χ1v) is 21.5. The van der Waals surface area contributed by atoms with Gasteiger partial charge < -0.3 is 58.4 Å². The van der Waals surface area contributed by atoms with Crippen molar-refractivity contribution in [1.82, 2.24) is 0 Å². The lowest BCUT2D eigenvalue weighted by Crippen LogP contribution is -2.10. The molecule has 6 rings (SSSR count). The molecule has 0 saturated carbocycles. The van der Waals surface area contributed by atoms with Crippen LogP contribution in [0.1, 0.15) is 49.4 Å². The van der Waals surface area contributed by atoms with Crippen LogP contribution in [0.3, 0.4) is 0 Å². The third-order valence-electron chi connectivity index (χ3n) is 10.6. The lowest BCUT2D eigenvalue weighted by molar-refractivity contribution is 0.0982. The molecule has 0 bridgehead atoms.